The molecular weight excluding hydrogens is 337 g/mol. The molecule has 0 aromatic heterocycles. The van der Waals surface area contributed by atoms with E-state index >= 15 is 0 Å². The van der Waals surface area contributed by atoms with Gasteiger partial charge in [0, 0.05) is 23.8 Å². The van der Waals surface area contributed by atoms with Crippen LogP contribution in [0.25, 0.3) is 0 Å². The van der Waals surface area contributed by atoms with Gasteiger partial charge in [0.2, 0.25) is 0 Å². The van der Waals surface area contributed by atoms with Crippen LogP contribution in [0, 0.1) is 5.82 Å². The van der Waals surface area contributed by atoms with Gasteiger partial charge in [0.15, 0.2) is 0 Å². The minimum Gasteiger partial charge on any atom is -0.497 e. The van der Waals surface area contributed by atoms with Gasteiger partial charge in [0.25, 0.3) is 5.91 Å². The maximum absolute atomic E-state index is 13.3. The Morgan fingerprint density at radius 2 is 1.88 bits per heavy atom. The molecule has 2 aromatic carbocycles. The molecule has 0 aliphatic heterocycles. The SMILES string of the molecule is CNC(=O)c1ccc(OC)cc1NC(=O)Nc1cc(F)cc(Cl)c1. The number of anilines is 2. The maximum atomic E-state index is 13.3. The van der Waals surface area contributed by atoms with Crippen molar-refractivity contribution in [3.05, 3.63) is 52.8 Å². The zero-order valence-electron chi connectivity index (χ0n) is 12.9. The number of nitrogens with one attached hydrogen (secondary N) is 3. The van der Waals surface area contributed by atoms with E-state index in [2.05, 4.69) is 16.0 Å². The zero-order chi connectivity index (χ0) is 17.7. The highest BCUT2D eigenvalue weighted by Crippen LogP contribution is 2.23. The first kappa shape index (κ1) is 17.6. The van der Waals surface area contributed by atoms with Crippen molar-refractivity contribution in [2.45, 2.75) is 0 Å². The zero-order valence-corrected chi connectivity index (χ0v) is 13.7. The number of halogens is 2. The average Bonchev–Trinajstić information content (AvgIpc) is 2.52. The third kappa shape index (κ3) is 4.36. The molecule has 0 radical (unpaired) electrons. The Hall–Kier alpha value is -2.80. The molecule has 0 unspecified atom stereocenters. The van der Waals surface area contributed by atoms with E-state index in [0.717, 1.165) is 12.1 Å². The van der Waals surface area contributed by atoms with E-state index in [0.29, 0.717) is 5.75 Å². The summed E-state index contributed by atoms with van der Waals surface area (Å²) in [7, 11) is 2.94. The van der Waals surface area contributed by atoms with Crippen molar-refractivity contribution in [2.24, 2.45) is 0 Å². The smallest absolute Gasteiger partial charge is 0.323 e. The number of ether oxygens (including phenoxy) is 1. The van der Waals surface area contributed by atoms with Gasteiger partial charge in [-0.05, 0) is 30.3 Å². The quantitative estimate of drug-likeness (QED) is 0.788. The number of amides is 3. The third-order valence-corrected chi connectivity index (χ3v) is 3.29. The summed E-state index contributed by atoms with van der Waals surface area (Å²) in [4.78, 5) is 24.0. The molecule has 3 amide bonds. The summed E-state index contributed by atoms with van der Waals surface area (Å²) in [5.41, 5.74) is 0.682. The van der Waals surface area contributed by atoms with Gasteiger partial charge in [-0.3, -0.25) is 4.79 Å². The van der Waals surface area contributed by atoms with Gasteiger partial charge < -0.3 is 20.7 Å². The molecule has 0 atom stereocenters. The lowest BCUT2D eigenvalue weighted by atomic mass is 10.1. The normalized spacial score (nSPS) is 10.0. The molecule has 3 N–H and O–H groups in total. The predicted molar refractivity (Wildman–Crippen MR) is 90.4 cm³/mol. The summed E-state index contributed by atoms with van der Waals surface area (Å²) in [5, 5.41) is 7.61. The summed E-state index contributed by atoms with van der Waals surface area (Å²) < 4.78 is 18.4. The van der Waals surface area contributed by atoms with Crippen molar-refractivity contribution in [1.82, 2.24) is 5.32 Å². The van der Waals surface area contributed by atoms with Gasteiger partial charge in [-0.25, -0.2) is 9.18 Å². The predicted octanol–water partition coefficient (Wildman–Crippen LogP) is 3.49. The Morgan fingerprint density at radius 3 is 2.50 bits per heavy atom. The van der Waals surface area contributed by atoms with Crippen molar-refractivity contribution in [2.75, 3.05) is 24.8 Å². The van der Waals surface area contributed by atoms with Crippen LogP contribution in [0.5, 0.6) is 5.75 Å². The fourth-order valence-corrected chi connectivity index (χ4v) is 2.22. The van der Waals surface area contributed by atoms with Crippen molar-refractivity contribution < 1.29 is 18.7 Å². The minimum absolute atomic E-state index is 0.151. The van der Waals surface area contributed by atoms with Gasteiger partial charge in [0.05, 0.1) is 18.4 Å². The van der Waals surface area contributed by atoms with Crippen LogP contribution in [0.15, 0.2) is 36.4 Å². The molecular formula is C16H15ClFN3O3. The lowest BCUT2D eigenvalue weighted by molar-refractivity contribution is 0.0964. The first-order valence-corrected chi connectivity index (χ1v) is 7.25. The number of rotatable bonds is 4. The Bertz CT molecular complexity index is 763. The highest BCUT2D eigenvalue weighted by atomic mass is 35.5. The van der Waals surface area contributed by atoms with Crippen LogP contribution >= 0.6 is 11.6 Å². The number of hydrogen-bond acceptors (Lipinski definition) is 3. The van der Waals surface area contributed by atoms with Crippen molar-refractivity contribution in [3.63, 3.8) is 0 Å². The van der Waals surface area contributed by atoms with Gasteiger partial charge in [-0.2, -0.15) is 0 Å². The lowest BCUT2D eigenvalue weighted by Crippen LogP contribution is -2.24. The summed E-state index contributed by atoms with van der Waals surface area (Å²) in [5.74, 6) is -0.487. The number of methoxy groups -OCH3 is 1. The topological polar surface area (TPSA) is 79.5 Å². The summed E-state index contributed by atoms with van der Waals surface area (Å²) in [6.07, 6.45) is 0. The van der Waals surface area contributed by atoms with Crippen LogP contribution in [-0.2, 0) is 0 Å². The number of hydrogen-bond donors (Lipinski definition) is 3. The Balaban J connectivity index is 2.22. The Kier molecular flexibility index (Phi) is 5.59. The molecule has 0 heterocycles. The van der Waals surface area contributed by atoms with Crippen LogP contribution in [0.3, 0.4) is 0 Å². The van der Waals surface area contributed by atoms with Crippen molar-refractivity contribution in [1.29, 1.82) is 0 Å². The highest BCUT2D eigenvalue weighted by molar-refractivity contribution is 6.31. The molecule has 0 saturated heterocycles. The molecule has 6 nitrogen and oxygen atoms in total. The molecule has 126 valence electrons. The monoisotopic (exact) mass is 351 g/mol. The maximum Gasteiger partial charge on any atom is 0.323 e. The van der Waals surface area contributed by atoms with E-state index in [1.165, 1.54) is 32.4 Å². The number of benzene rings is 2. The fourth-order valence-electron chi connectivity index (χ4n) is 2.00. The van der Waals surface area contributed by atoms with E-state index in [9.17, 15) is 14.0 Å². The molecule has 0 saturated carbocycles. The molecule has 0 aliphatic carbocycles. The highest BCUT2D eigenvalue weighted by Gasteiger charge is 2.14. The summed E-state index contributed by atoms with van der Waals surface area (Å²) >= 11 is 5.74. The molecule has 0 spiro atoms. The second-order valence-electron chi connectivity index (χ2n) is 4.73. The molecule has 24 heavy (non-hydrogen) atoms. The van der Waals surface area contributed by atoms with Gasteiger partial charge in [-0.1, -0.05) is 11.6 Å². The van der Waals surface area contributed by atoms with E-state index < -0.39 is 11.8 Å². The number of carbonyl (C=O) groups excluding carboxylic acids is 2. The van der Waals surface area contributed by atoms with E-state index in [4.69, 9.17) is 16.3 Å². The number of urea groups is 1. The molecule has 2 rings (SSSR count). The van der Waals surface area contributed by atoms with Crippen LogP contribution in [0.1, 0.15) is 10.4 Å². The molecule has 2 aromatic rings. The van der Waals surface area contributed by atoms with Crippen molar-refractivity contribution >= 4 is 34.9 Å². The fraction of sp³-hybridized carbons (Fsp3) is 0.125. The second kappa shape index (κ2) is 7.65. The van der Waals surface area contributed by atoms with E-state index in [-0.39, 0.29) is 27.9 Å². The summed E-state index contributed by atoms with van der Waals surface area (Å²) in [6.45, 7) is 0. The molecule has 8 heteroatoms. The molecule has 0 aliphatic rings. The van der Waals surface area contributed by atoms with Crippen LogP contribution in [-0.4, -0.2) is 26.1 Å². The largest absolute Gasteiger partial charge is 0.497 e. The molecule has 0 bridgehead atoms. The van der Waals surface area contributed by atoms with Crippen molar-refractivity contribution in [3.8, 4) is 5.75 Å². The number of carbonyl (C=O) groups is 2. The Morgan fingerprint density at radius 1 is 1.12 bits per heavy atom. The average molecular weight is 352 g/mol. The lowest BCUT2D eigenvalue weighted by Gasteiger charge is -2.13. The van der Waals surface area contributed by atoms with Crippen LogP contribution in [0.4, 0.5) is 20.6 Å². The van der Waals surface area contributed by atoms with Gasteiger partial charge in [0.1, 0.15) is 11.6 Å². The van der Waals surface area contributed by atoms with Gasteiger partial charge >= 0.3 is 6.03 Å². The standard InChI is InChI=1S/C16H15ClFN3O3/c1-19-15(22)13-4-3-12(24-2)8-14(13)21-16(23)20-11-6-9(17)5-10(18)7-11/h3-8H,1-2H3,(H,19,22)(H2,20,21,23). The van der Waals surface area contributed by atoms with E-state index in [1.807, 2.05) is 0 Å². The molecule has 0 fully saturated rings. The summed E-state index contributed by atoms with van der Waals surface area (Å²) in [6, 6.07) is 7.60. The van der Waals surface area contributed by atoms with Gasteiger partial charge in [-0.15, -0.1) is 0 Å². The minimum atomic E-state index is -0.657. The van der Waals surface area contributed by atoms with Crippen LogP contribution < -0.4 is 20.7 Å². The van der Waals surface area contributed by atoms with Crippen LogP contribution in [0.2, 0.25) is 5.02 Å². The first-order chi connectivity index (χ1) is 11.4. The second-order valence-corrected chi connectivity index (χ2v) is 5.16. The Labute approximate surface area is 143 Å². The third-order valence-electron chi connectivity index (χ3n) is 3.07. The van der Waals surface area contributed by atoms with E-state index in [1.54, 1.807) is 6.07 Å². The first-order valence-electron chi connectivity index (χ1n) is 6.87.